The molecule has 1 N–H and O–H groups in total. The molecule has 0 aromatic carbocycles. The lowest BCUT2D eigenvalue weighted by Gasteiger charge is -2.38. The maximum absolute atomic E-state index is 12.5. The zero-order chi connectivity index (χ0) is 14.5. The van der Waals surface area contributed by atoms with Gasteiger partial charge in [-0.15, -0.1) is 0 Å². The summed E-state index contributed by atoms with van der Waals surface area (Å²) in [7, 11) is 1.71. The van der Waals surface area contributed by atoms with Crippen molar-refractivity contribution in [3.8, 4) is 0 Å². The van der Waals surface area contributed by atoms with Crippen molar-refractivity contribution < 1.29 is 9.53 Å². The highest BCUT2D eigenvalue weighted by Crippen LogP contribution is 2.30. The molecule has 1 amide bonds. The first-order valence-electron chi connectivity index (χ1n) is 8.22. The van der Waals surface area contributed by atoms with Crippen LogP contribution in [0.5, 0.6) is 0 Å². The maximum Gasteiger partial charge on any atom is 0.222 e. The topological polar surface area (TPSA) is 41.6 Å². The van der Waals surface area contributed by atoms with E-state index in [0.717, 1.165) is 32.2 Å². The van der Waals surface area contributed by atoms with Gasteiger partial charge in [0.05, 0.1) is 6.10 Å². The molecule has 3 atom stereocenters. The summed E-state index contributed by atoms with van der Waals surface area (Å²) in [4.78, 5) is 14.7. The summed E-state index contributed by atoms with van der Waals surface area (Å²) in [5.74, 6) is 0.321. The van der Waals surface area contributed by atoms with E-state index in [4.69, 9.17) is 4.74 Å². The smallest absolute Gasteiger partial charge is 0.222 e. The normalized spacial score (nSPS) is 30.2. The molecule has 4 nitrogen and oxygen atoms in total. The highest BCUT2D eigenvalue weighted by Gasteiger charge is 2.37. The first-order valence-corrected chi connectivity index (χ1v) is 8.22. The van der Waals surface area contributed by atoms with E-state index in [1.807, 2.05) is 6.92 Å². The number of carbonyl (C=O) groups is 1. The molecule has 0 spiro atoms. The van der Waals surface area contributed by atoms with Gasteiger partial charge in [-0.05, 0) is 45.4 Å². The molecule has 2 rings (SSSR count). The Hall–Kier alpha value is -0.610. The summed E-state index contributed by atoms with van der Waals surface area (Å²) in [5.41, 5.74) is 0. The van der Waals surface area contributed by atoms with E-state index in [2.05, 4.69) is 17.1 Å². The molecular weight excluding hydrogens is 252 g/mol. The minimum Gasteiger partial charge on any atom is -0.382 e. The predicted molar refractivity (Wildman–Crippen MR) is 80.7 cm³/mol. The molecule has 2 bridgehead atoms. The van der Waals surface area contributed by atoms with Gasteiger partial charge >= 0.3 is 0 Å². The number of hydrogen-bond donors (Lipinski definition) is 1. The number of methoxy groups -OCH3 is 1. The van der Waals surface area contributed by atoms with Crippen molar-refractivity contribution >= 4 is 5.91 Å². The number of carbonyl (C=O) groups excluding carboxylic acids is 1. The standard InChI is InChI=1S/C16H30N2O2/c1-4-9-18(16(19)8-5-12(2)20-3)15-10-13-6-7-14(11-15)17-13/h12-15,17H,4-11H2,1-3H3. The molecule has 116 valence electrons. The average Bonchev–Trinajstić information content (AvgIpc) is 2.80. The molecule has 2 aliphatic rings. The van der Waals surface area contributed by atoms with Crippen LogP contribution in [-0.4, -0.2) is 48.7 Å². The lowest BCUT2D eigenvalue weighted by atomic mass is 9.97. The molecule has 20 heavy (non-hydrogen) atoms. The van der Waals surface area contributed by atoms with Gasteiger partial charge in [-0.2, -0.15) is 0 Å². The van der Waals surface area contributed by atoms with Crippen LogP contribution in [0.2, 0.25) is 0 Å². The van der Waals surface area contributed by atoms with Crippen molar-refractivity contribution in [2.45, 2.75) is 83.0 Å². The minimum absolute atomic E-state index is 0.173. The van der Waals surface area contributed by atoms with E-state index in [1.165, 1.54) is 12.8 Å². The summed E-state index contributed by atoms with van der Waals surface area (Å²) in [5, 5.41) is 3.66. The van der Waals surface area contributed by atoms with Gasteiger partial charge in [-0.1, -0.05) is 6.92 Å². The maximum atomic E-state index is 12.5. The number of ether oxygens (including phenoxy) is 1. The van der Waals surface area contributed by atoms with Gasteiger partial charge in [0.15, 0.2) is 0 Å². The summed E-state index contributed by atoms with van der Waals surface area (Å²) in [6.07, 6.45) is 7.52. The lowest BCUT2D eigenvalue weighted by Crippen LogP contribution is -2.50. The van der Waals surface area contributed by atoms with Crippen LogP contribution in [-0.2, 0) is 9.53 Å². The van der Waals surface area contributed by atoms with Gasteiger partial charge in [-0.3, -0.25) is 4.79 Å². The van der Waals surface area contributed by atoms with Gasteiger partial charge < -0.3 is 15.0 Å². The lowest BCUT2D eigenvalue weighted by molar-refractivity contribution is -0.135. The van der Waals surface area contributed by atoms with E-state index in [-0.39, 0.29) is 6.10 Å². The van der Waals surface area contributed by atoms with Crippen molar-refractivity contribution in [3.63, 3.8) is 0 Å². The monoisotopic (exact) mass is 282 g/mol. The van der Waals surface area contributed by atoms with Gasteiger partial charge in [-0.25, -0.2) is 0 Å². The van der Waals surface area contributed by atoms with E-state index < -0.39 is 0 Å². The summed E-state index contributed by atoms with van der Waals surface area (Å²) >= 11 is 0. The van der Waals surface area contributed by atoms with Crippen LogP contribution >= 0.6 is 0 Å². The number of nitrogens with one attached hydrogen (secondary N) is 1. The number of piperidine rings is 1. The second-order valence-corrected chi connectivity index (χ2v) is 6.44. The van der Waals surface area contributed by atoms with Crippen LogP contribution in [0.4, 0.5) is 0 Å². The van der Waals surface area contributed by atoms with Gasteiger partial charge in [0, 0.05) is 38.2 Å². The Labute approximate surface area is 123 Å². The molecule has 3 unspecified atom stereocenters. The van der Waals surface area contributed by atoms with Crippen molar-refractivity contribution in [2.24, 2.45) is 0 Å². The highest BCUT2D eigenvalue weighted by atomic mass is 16.5. The fraction of sp³-hybridized carbons (Fsp3) is 0.938. The zero-order valence-electron chi connectivity index (χ0n) is 13.2. The van der Waals surface area contributed by atoms with Crippen LogP contribution in [0.15, 0.2) is 0 Å². The third-order valence-electron chi connectivity index (χ3n) is 4.84. The quantitative estimate of drug-likeness (QED) is 0.779. The predicted octanol–water partition coefficient (Wildman–Crippen LogP) is 2.32. The number of fused-ring (bicyclic) bond motifs is 2. The third kappa shape index (κ3) is 3.95. The number of rotatable bonds is 7. The summed E-state index contributed by atoms with van der Waals surface area (Å²) < 4.78 is 5.25. The Bertz CT molecular complexity index is 310. The highest BCUT2D eigenvalue weighted by molar-refractivity contribution is 5.76. The van der Waals surface area contributed by atoms with Gasteiger partial charge in [0.1, 0.15) is 0 Å². The molecule has 0 aromatic heterocycles. The van der Waals surface area contributed by atoms with Crippen molar-refractivity contribution in [1.82, 2.24) is 10.2 Å². The molecule has 4 heteroatoms. The van der Waals surface area contributed by atoms with Crippen LogP contribution in [0, 0.1) is 0 Å². The van der Waals surface area contributed by atoms with Crippen molar-refractivity contribution in [2.75, 3.05) is 13.7 Å². The summed E-state index contributed by atoms with van der Waals surface area (Å²) in [6, 6.07) is 1.74. The fourth-order valence-corrected chi connectivity index (χ4v) is 3.62. The van der Waals surface area contributed by atoms with Crippen LogP contribution in [0.1, 0.15) is 58.8 Å². The zero-order valence-corrected chi connectivity index (χ0v) is 13.2. The Morgan fingerprint density at radius 3 is 2.55 bits per heavy atom. The molecular formula is C16H30N2O2. The van der Waals surface area contributed by atoms with E-state index >= 15 is 0 Å². The van der Waals surface area contributed by atoms with Crippen LogP contribution < -0.4 is 5.32 Å². The van der Waals surface area contributed by atoms with E-state index in [9.17, 15) is 4.79 Å². The Kier molecular flexibility index (Phi) is 5.85. The second kappa shape index (κ2) is 7.41. The largest absolute Gasteiger partial charge is 0.382 e. The minimum atomic E-state index is 0.173. The van der Waals surface area contributed by atoms with Crippen LogP contribution in [0.3, 0.4) is 0 Å². The van der Waals surface area contributed by atoms with Gasteiger partial charge in [0.25, 0.3) is 0 Å². The molecule has 2 heterocycles. The first-order chi connectivity index (χ1) is 9.63. The Balaban J connectivity index is 1.90. The average molecular weight is 282 g/mol. The van der Waals surface area contributed by atoms with E-state index in [0.29, 0.717) is 30.5 Å². The molecule has 0 aromatic rings. The second-order valence-electron chi connectivity index (χ2n) is 6.44. The van der Waals surface area contributed by atoms with E-state index in [1.54, 1.807) is 7.11 Å². The summed E-state index contributed by atoms with van der Waals surface area (Å²) in [6.45, 7) is 5.10. The van der Waals surface area contributed by atoms with Gasteiger partial charge in [0.2, 0.25) is 5.91 Å². The SMILES string of the molecule is CCCN(C(=O)CCC(C)OC)C1CC2CCC(C1)N2. The van der Waals surface area contributed by atoms with Crippen LogP contribution in [0.25, 0.3) is 0 Å². The first kappa shape index (κ1) is 15.8. The molecule has 2 aliphatic heterocycles. The van der Waals surface area contributed by atoms with Crippen molar-refractivity contribution in [1.29, 1.82) is 0 Å². The van der Waals surface area contributed by atoms with Crippen molar-refractivity contribution in [3.05, 3.63) is 0 Å². The molecule has 2 fully saturated rings. The Morgan fingerprint density at radius 1 is 1.35 bits per heavy atom. The third-order valence-corrected chi connectivity index (χ3v) is 4.84. The molecule has 0 aliphatic carbocycles. The number of amides is 1. The number of hydrogen-bond acceptors (Lipinski definition) is 3. The Morgan fingerprint density at radius 2 is 2.00 bits per heavy atom. The number of nitrogens with zero attached hydrogens (tertiary/aromatic N) is 1. The molecule has 2 saturated heterocycles. The molecule has 0 saturated carbocycles. The fourth-order valence-electron chi connectivity index (χ4n) is 3.62. The molecule has 0 radical (unpaired) electrons.